The highest BCUT2D eigenvalue weighted by Gasteiger charge is 2.24. The zero-order valence-corrected chi connectivity index (χ0v) is 9.31. The summed E-state index contributed by atoms with van der Waals surface area (Å²) in [7, 11) is 0. The molecule has 14 heavy (non-hydrogen) atoms. The van der Waals surface area contributed by atoms with Crippen molar-refractivity contribution in [2.24, 2.45) is 0 Å². The highest BCUT2D eigenvalue weighted by Crippen LogP contribution is 2.34. The number of rotatable bonds is 2. The molecule has 0 fully saturated rings. The maximum atomic E-state index is 11.0. The molecule has 0 spiro atoms. The average molecular weight is 307 g/mol. The van der Waals surface area contributed by atoms with Crippen LogP contribution in [0.1, 0.15) is 17.3 Å². The van der Waals surface area contributed by atoms with Crippen LogP contribution in [0, 0.1) is 13.7 Å². The Bertz CT molecular complexity index is 416. The lowest BCUT2D eigenvalue weighted by Crippen LogP contribution is -2.01. The number of hydrogen-bond donors (Lipinski definition) is 1. The summed E-state index contributed by atoms with van der Waals surface area (Å²) in [5, 5.41) is 20.0. The second-order valence-corrected chi connectivity index (χ2v) is 3.77. The molecule has 0 aromatic heterocycles. The number of halogens is 1. The van der Waals surface area contributed by atoms with Gasteiger partial charge in [0.2, 0.25) is 5.75 Å². The number of nitrogens with zero attached hydrogens (tertiary/aromatic N) is 1. The van der Waals surface area contributed by atoms with Crippen LogP contribution >= 0.6 is 22.6 Å². The topological polar surface area (TPSA) is 80.4 Å². The first-order valence-corrected chi connectivity index (χ1v) is 4.69. The number of nitro benzene ring substituents is 1. The Morgan fingerprint density at radius 3 is 2.57 bits per heavy atom. The molecule has 6 heteroatoms. The number of nitro groups is 1. The van der Waals surface area contributed by atoms with Gasteiger partial charge in [-0.2, -0.15) is 0 Å². The smallest absolute Gasteiger partial charge is 0.322 e. The monoisotopic (exact) mass is 307 g/mol. The Balaban J connectivity index is 3.53. The summed E-state index contributed by atoms with van der Waals surface area (Å²) in [6.45, 7) is 1.22. The minimum absolute atomic E-state index is 0.0760. The fourth-order valence-corrected chi connectivity index (χ4v) is 1.46. The van der Waals surface area contributed by atoms with Crippen LogP contribution in [0.15, 0.2) is 12.1 Å². The van der Waals surface area contributed by atoms with Gasteiger partial charge in [0, 0.05) is 0 Å². The Morgan fingerprint density at radius 1 is 1.57 bits per heavy atom. The maximum absolute atomic E-state index is 11.0. The van der Waals surface area contributed by atoms with Crippen molar-refractivity contribution >= 4 is 34.1 Å². The minimum Gasteiger partial charge on any atom is -0.501 e. The van der Waals surface area contributed by atoms with Gasteiger partial charge in [-0.1, -0.05) is 0 Å². The van der Waals surface area contributed by atoms with Crippen LogP contribution in [0.25, 0.3) is 0 Å². The van der Waals surface area contributed by atoms with E-state index >= 15 is 0 Å². The van der Waals surface area contributed by atoms with Gasteiger partial charge in [-0.15, -0.1) is 0 Å². The van der Waals surface area contributed by atoms with Crippen molar-refractivity contribution in [2.45, 2.75) is 6.92 Å². The second-order valence-electron chi connectivity index (χ2n) is 2.61. The molecule has 74 valence electrons. The van der Waals surface area contributed by atoms with Crippen molar-refractivity contribution < 1.29 is 14.8 Å². The molecule has 0 unspecified atom stereocenters. The van der Waals surface area contributed by atoms with Crippen LogP contribution in [0.5, 0.6) is 5.75 Å². The van der Waals surface area contributed by atoms with E-state index in [-0.39, 0.29) is 5.56 Å². The zero-order chi connectivity index (χ0) is 10.9. The lowest BCUT2D eigenvalue weighted by Gasteiger charge is -2.02. The molecular weight excluding hydrogens is 301 g/mol. The van der Waals surface area contributed by atoms with Crippen LogP contribution < -0.4 is 0 Å². The molecule has 1 rings (SSSR count). The summed E-state index contributed by atoms with van der Waals surface area (Å²) in [6.07, 6.45) is 0. The van der Waals surface area contributed by atoms with E-state index in [0.717, 1.165) is 0 Å². The first kappa shape index (κ1) is 10.9. The van der Waals surface area contributed by atoms with Gasteiger partial charge in [0.1, 0.15) is 0 Å². The van der Waals surface area contributed by atoms with Gasteiger partial charge in [0.25, 0.3) is 0 Å². The van der Waals surface area contributed by atoms with Crippen LogP contribution in [-0.2, 0) is 0 Å². The van der Waals surface area contributed by atoms with Crippen molar-refractivity contribution in [2.75, 3.05) is 0 Å². The Labute approximate surface area is 93.0 Å². The molecule has 0 heterocycles. The van der Waals surface area contributed by atoms with E-state index in [1.54, 1.807) is 22.6 Å². The predicted molar refractivity (Wildman–Crippen MR) is 57.5 cm³/mol. The van der Waals surface area contributed by atoms with Crippen molar-refractivity contribution in [3.05, 3.63) is 31.4 Å². The molecule has 5 nitrogen and oxygen atoms in total. The molecule has 0 saturated heterocycles. The molecule has 0 aliphatic heterocycles. The van der Waals surface area contributed by atoms with Gasteiger partial charge in [0.15, 0.2) is 5.78 Å². The van der Waals surface area contributed by atoms with Crippen molar-refractivity contribution in [3.8, 4) is 5.75 Å². The third-order valence-corrected chi connectivity index (χ3v) is 2.53. The highest BCUT2D eigenvalue weighted by molar-refractivity contribution is 14.1. The summed E-state index contributed by atoms with van der Waals surface area (Å²) >= 11 is 1.76. The second kappa shape index (κ2) is 3.91. The SMILES string of the molecule is CC(=O)c1ccc(I)c(O)c1[N+](=O)[O-]. The molecule has 0 bridgehead atoms. The van der Waals surface area contributed by atoms with Crippen LogP contribution in [0.4, 0.5) is 5.69 Å². The lowest BCUT2D eigenvalue weighted by atomic mass is 10.1. The molecule has 0 amide bonds. The third kappa shape index (κ3) is 1.84. The number of phenols is 1. The maximum Gasteiger partial charge on any atom is 0.322 e. The van der Waals surface area contributed by atoms with Gasteiger partial charge in [0.05, 0.1) is 14.1 Å². The third-order valence-electron chi connectivity index (χ3n) is 1.66. The van der Waals surface area contributed by atoms with Crippen molar-refractivity contribution in [1.82, 2.24) is 0 Å². The first-order chi connectivity index (χ1) is 6.45. The van der Waals surface area contributed by atoms with E-state index in [1.807, 2.05) is 0 Å². The van der Waals surface area contributed by atoms with Crippen LogP contribution in [0.3, 0.4) is 0 Å². The fraction of sp³-hybridized carbons (Fsp3) is 0.125. The number of ketones is 1. The molecule has 1 aromatic rings. The molecule has 0 radical (unpaired) electrons. The molecular formula is C8H6INO4. The van der Waals surface area contributed by atoms with Crippen molar-refractivity contribution in [3.63, 3.8) is 0 Å². The highest BCUT2D eigenvalue weighted by atomic mass is 127. The Kier molecular flexibility index (Phi) is 3.04. The van der Waals surface area contributed by atoms with Gasteiger partial charge in [-0.05, 0) is 41.6 Å². The number of phenolic OH excluding ortho intramolecular Hbond substituents is 1. The van der Waals surface area contributed by atoms with Gasteiger partial charge >= 0.3 is 5.69 Å². The number of carbonyl (C=O) groups excluding carboxylic acids is 1. The van der Waals surface area contributed by atoms with E-state index in [4.69, 9.17) is 0 Å². The number of carbonyl (C=O) groups is 1. The molecule has 0 saturated carbocycles. The van der Waals surface area contributed by atoms with Crippen molar-refractivity contribution in [1.29, 1.82) is 0 Å². The predicted octanol–water partition coefficient (Wildman–Crippen LogP) is 2.11. The molecule has 1 N–H and O–H groups in total. The zero-order valence-electron chi connectivity index (χ0n) is 7.15. The van der Waals surface area contributed by atoms with E-state index < -0.39 is 22.1 Å². The van der Waals surface area contributed by atoms with Gasteiger partial charge in [-0.3, -0.25) is 14.9 Å². The molecule has 0 aliphatic carbocycles. The first-order valence-electron chi connectivity index (χ1n) is 3.62. The van der Waals surface area contributed by atoms with E-state index in [0.29, 0.717) is 3.57 Å². The molecule has 1 aromatic carbocycles. The van der Waals surface area contributed by atoms with Crippen LogP contribution in [-0.4, -0.2) is 15.8 Å². The molecule has 0 aliphatic rings. The van der Waals surface area contributed by atoms with E-state index in [9.17, 15) is 20.0 Å². The van der Waals surface area contributed by atoms with Gasteiger partial charge < -0.3 is 5.11 Å². The summed E-state index contributed by atoms with van der Waals surface area (Å²) in [5.74, 6) is -0.897. The molecule has 0 atom stereocenters. The number of hydrogen-bond acceptors (Lipinski definition) is 4. The van der Waals surface area contributed by atoms with Gasteiger partial charge in [-0.25, -0.2) is 0 Å². The summed E-state index contributed by atoms with van der Waals surface area (Å²) in [4.78, 5) is 20.8. The standard InChI is InChI=1S/C8H6INO4/c1-4(11)5-2-3-6(9)8(12)7(5)10(13)14/h2-3,12H,1H3. The fourth-order valence-electron chi connectivity index (χ4n) is 1.02. The number of aromatic hydroxyl groups is 1. The number of Topliss-reactive ketones (excluding diaryl/α,β-unsaturated/α-hetero) is 1. The largest absolute Gasteiger partial charge is 0.501 e. The summed E-state index contributed by atoms with van der Waals surface area (Å²) in [6, 6.07) is 2.79. The Hall–Kier alpha value is -1.18. The quantitative estimate of drug-likeness (QED) is 0.393. The van der Waals surface area contributed by atoms with E-state index in [2.05, 4.69) is 0 Å². The summed E-state index contributed by atoms with van der Waals surface area (Å²) in [5.41, 5.74) is -0.600. The lowest BCUT2D eigenvalue weighted by molar-refractivity contribution is -0.386. The normalized spacial score (nSPS) is 9.86. The summed E-state index contributed by atoms with van der Waals surface area (Å²) < 4.78 is 0.347. The Morgan fingerprint density at radius 2 is 2.14 bits per heavy atom. The van der Waals surface area contributed by atoms with E-state index in [1.165, 1.54) is 19.1 Å². The minimum atomic E-state index is -0.756. The number of benzene rings is 1. The van der Waals surface area contributed by atoms with Crippen LogP contribution in [0.2, 0.25) is 0 Å². The average Bonchev–Trinajstić information content (AvgIpc) is 2.08.